The van der Waals surface area contributed by atoms with Gasteiger partial charge in [0.25, 0.3) is 11.8 Å². The van der Waals surface area contributed by atoms with E-state index in [-0.39, 0.29) is 29.8 Å². The number of benzene rings is 1. The van der Waals surface area contributed by atoms with Gasteiger partial charge in [0.15, 0.2) is 0 Å². The number of hydrazine groups is 1. The van der Waals surface area contributed by atoms with Gasteiger partial charge in [-0.1, -0.05) is 12.1 Å². The maximum atomic E-state index is 12.5. The SMILES string of the molecule is Cc1ccc(NC(=O)[C@@H]2CCCN(CC(=O)NNC(=O)c3cccc(C#N)c3)C2)nc1. The third-order valence-electron chi connectivity index (χ3n) is 4.98. The minimum absolute atomic E-state index is 0.0606. The lowest BCUT2D eigenvalue weighted by atomic mass is 9.97. The lowest BCUT2D eigenvalue weighted by Crippen LogP contribution is -2.49. The van der Waals surface area contributed by atoms with Gasteiger partial charge in [-0.25, -0.2) is 4.98 Å². The lowest BCUT2D eigenvalue weighted by Gasteiger charge is -2.31. The molecule has 0 bridgehead atoms. The molecule has 1 aliphatic heterocycles. The zero-order valence-corrected chi connectivity index (χ0v) is 17.2. The Bertz CT molecular complexity index is 999. The number of carbonyl (C=O) groups is 3. The first kappa shape index (κ1) is 21.9. The van der Waals surface area contributed by atoms with Gasteiger partial charge < -0.3 is 5.32 Å². The van der Waals surface area contributed by atoms with E-state index in [4.69, 9.17) is 5.26 Å². The number of anilines is 1. The van der Waals surface area contributed by atoms with E-state index in [1.54, 1.807) is 30.5 Å². The molecule has 2 heterocycles. The second-order valence-electron chi connectivity index (χ2n) is 7.48. The number of amides is 3. The number of carbonyl (C=O) groups excluding carboxylic acids is 3. The van der Waals surface area contributed by atoms with Crippen LogP contribution >= 0.6 is 0 Å². The third-order valence-corrected chi connectivity index (χ3v) is 4.98. The molecule has 9 heteroatoms. The van der Waals surface area contributed by atoms with Crippen LogP contribution in [-0.2, 0) is 9.59 Å². The van der Waals surface area contributed by atoms with Crippen molar-refractivity contribution in [1.82, 2.24) is 20.7 Å². The van der Waals surface area contributed by atoms with E-state index >= 15 is 0 Å². The first-order chi connectivity index (χ1) is 14.9. The molecule has 1 fully saturated rings. The smallest absolute Gasteiger partial charge is 0.269 e. The number of hydrogen-bond acceptors (Lipinski definition) is 6. The van der Waals surface area contributed by atoms with Crippen molar-refractivity contribution in [2.24, 2.45) is 5.92 Å². The number of pyridine rings is 1. The minimum atomic E-state index is -0.507. The number of nitriles is 1. The monoisotopic (exact) mass is 420 g/mol. The average Bonchev–Trinajstić information content (AvgIpc) is 2.79. The number of aromatic nitrogens is 1. The summed E-state index contributed by atoms with van der Waals surface area (Å²) >= 11 is 0. The van der Waals surface area contributed by atoms with E-state index in [9.17, 15) is 14.4 Å². The van der Waals surface area contributed by atoms with Gasteiger partial charge in [0.05, 0.1) is 24.1 Å². The summed E-state index contributed by atoms with van der Waals surface area (Å²) in [5, 5.41) is 11.7. The quantitative estimate of drug-likeness (QED) is 0.627. The van der Waals surface area contributed by atoms with Crippen LogP contribution in [0, 0.1) is 24.2 Å². The van der Waals surface area contributed by atoms with Gasteiger partial charge in [-0.3, -0.25) is 30.1 Å². The molecule has 0 unspecified atom stereocenters. The van der Waals surface area contributed by atoms with Crippen LogP contribution in [0.5, 0.6) is 0 Å². The Morgan fingerprint density at radius 3 is 2.81 bits per heavy atom. The molecule has 9 nitrogen and oxygen atoms in total. The molecule has 31 heavy (non-hydrogen) atoms. The fourth-order valence-electron chi connectivity index (χ4n) is 3.35. The fraction of sp³-hybridized carbons (Fsp3) is 0.318. The number of likely N-dealkylation sites (tertiary alicyclic amines) is 1. The molecule has 1 aromatic carbocycles. The highest BCUT2D eigenvalue weighted by Gasteiger charge is 2.27. The summed E-state index contributed by atoms with van der Waals surface area (Å²) in [5.41, 5.74) is 6.38. The molecule has 3 amide bonds. The van der Waals surface area contributed by atoms with Crippen molar-refractivity contribution in [3.05, 3.63) is 59.3 Å². The van der Waals surface area contributed by atoms with E-state index in [1.165, 1.54) is 6.07 Å². The molecule has 3 rings (SSSR count). The van der Waals surface area contributed by atoms with Gasteiger partial charge in [0.2, 0.25) is 5.91 Å². The van der Waals surface area contributed by atoms with Gasteiger partial charge >= 0.3 is 0 Å². The van der Waals surface area contributed by atoms with Crippen molar-refractivity contribution < 1.29 is 14.4 Å². The number of hydrogen-bond donors (Lipinski definition) is 3. The van der Waals surface area contributed by atoms with E-state index in [0.717, 1.165) is 18.4 Å². The van der Waals surface area contributed by atoms with Crippen LogP contribution in [0.2, 0.25) is 0 Å². The van der Waals surface area contributed by atoms with E-state index < -0.39 is 5.91 Å². The van der Waals surface area contributed by atoms with Gasteiger partial charge in [0, 0.05) is 18.3 Å². The maximum Gasteiger partial charge on any atom is 0.269 e. The first-order valence-corrected chi connectivity index (χ1v) is 10.00. The van der Waals surface area contributed by atoms with Crippen LogP contribution in [-0.4, -0.2) is 47.2 Å². The molecule has 1 saturated heterocycles. The van der Waals surface area contributed by atoms with Crippen molar-refractivity contribution in [2.75, 3.05) is 25.0 Å². The largest absolute Gasteiger partial charge is 0.310 e. The average molecular weight is 420 g/mol. The number of piperidine rings is 1. The van der Waals surface area contributed by atoms with Gasteiger partial charge in [-0.15, -0.1) is 0 Å². The minimum Gasteiger partial charge on any atom is -0.310 e. The van der Waals surface area contributed by atoms with Crippen LogP contribution in [0.25, 0.3) is 0 Å². The fourth-order valence-corrected chi connectivity index (χ4v) is 3.35. The molecule has 1 aliphatic rings. The number of nitrogens with one attached hydrogen (secondary N) is 3. The Morgan fingerprint density at radius 1 is 1.23 bits per heavy atom. The Labute approximate surface area is 180 Å². The zero-order chi connectivity index (χ0) is 22.2. The van der Waals surface area contributed by atoms with E-state index in [0.29, 0.717) is 24.5 Å². The normalized spacial score (nSPS) is 16.1. The van der Waals surface area contributed by atoms with Gasteiger partial charge in [-0.2, -0.15) is 5.26 Å². The summed E-state index contributed by atoms with van der Waals surface area (Å²) in [6.07, 6.45) is 3.22. The van der Waals surface area contributed by atoms with Crippen molar-refractivity contribution >= 4 is 23.5 Å². The Morgan fingerprint density at radius 2 is 2.06 bits per heavy atom. The van der Waals surface area contributed by atoms with Crippen LogP contribution in [0.15, 0.2) is 42.6 Å². The lowest BCUT2D eigenvalue weighted by molar-refractivity contribution is -0.126. The van der Waals surface area contributed by atoms with Crippen LogP contribution < -0.4 is 16.2 Å². The summed E-state index contributed by atoms with van der Waals surface area (Å²) < 4.78 is 0. The highest BCUT2D eigenvalue weighted by molar-refractivity contribution is 5.96. The molecule has 0 radical (unpaired) electrons. The molecule has 3 N–H and O–H groups in total. The van der Waals surface area contributed by atoms with E-state index in [2.05, 4.69) is 21.2 Å². The topological polar surface area (TPSA) is 127 Å². The molecule has 0 saturated carbocycles. The second kappa shape index (κ2) is 10.3. The van der Waals surface area contributed by atoms with Crippen molar-refractivity contribution in [3.8, 4) is 6.07 Å². The molecule has 160 valence electrons. The zero-order valence-electron chi connectivity index (χ0n) is 17.2. The predicted molar refractivity (Wildman–Crippen MR) is 114 cm³/mol. The molecular weight excluding hydrogens is 396 g/mol. The van der Waals surface area contributed by atoms with Crippen molar-refractivity contribution in [1.29, 1.82) is 5.26 Å². The summed E-state index contributed by atoms with van der Waals surface area (Å²) in [5.74, 6) is -0.744. The molecule has 2 aromatic rings. The Kier molecular flexibility index (Phi) is 7.30. The number of aryl methyl sites for hydroxylation is 1. The number of rotatable bonds is 5. The highest BCUT2D eigenvalue weighted by atomic mass is 16.2. The number of nitrogens with zero attached hydrogens (tertiary/aromatic N) is 3. The van der Waals surface area contributed by atoms with Gasteiger partial charge in [0.1, 0.15) is 5.82 Å². The van der Waals surface area contributed by atoms with Crippen LogP contribution in [0.1, 0.15) is 34.3 Å². The molecular formula is C22H24N6O3. The summed E-state index contributed by atoms with van der Waals surface area (Å²) in [6.45, 7) is 3.13. The summed E-state index contributed by atoms with van der Waals surface area (Å²) in [7, 11) is 0. The predicted octanol–water partition coefficient (Wildman–Crippen LogP) is 1.37. The maximum absolute atomic E-state index is 12.5. The highest BCUT2D eigenvalue weighted by Crippen LogP contribution is 2.18. The van der Waals surface area contributed by atoms with Gasteiger partial charge in [-0.05, 0) is 56.1 Å². The van der Waals surface area contributed by atoms with E-state index in [1.807, 2.05) is 24.0 Å². The standard InChI is InChI=1S/C22H24N6O3/c1-15-7-8-19(24-12-15)25-21(30)18-6-3-9-28(13-18)14-20(29)26-27-22(31)17-5-2-4-16(10-17)11-23/h2,4-5,7-8,10,12,18H,3,6,9,13-14H2,1H3,(H,26,29)(H,27,31)(H,24,25,30)/t18-/m1/s1. The second-order valence-corrected chi connectivity index (χ2v) is 7.48. The molecule has 0 spiro atoms. The third kappa shape index (κ3) is 6.35. The van der Waals surface area contributed by atoms with Crippen LogP contribution in [0.3, 0.4) is 0 Å². The molecule has 1 aromatic heterocycles. The first-order valence-electron chi connectivity index (χ1n) is 10.00. The van der Waals surface area contributed by atoms with Crippen LogP contribution in [0.4, 0.5) is 5.82 Å². The Hall–Kier alpha value is -3.77. The van der Waals surface area contributed by atoms with Crippen molar-refractivity contribution in [3.63, 3.8) is 0 Å². The summed E-state index contributed by atoms with van der Waals surface area (Å²) in [4.78, 5) is 43.0. The summed E-state index contributed by atoms with van der Waals surface area (Å²) in [6, 6.07) is 11.8. The Balaban J connectivity index is 1.46. The molecule has 0 aliphatic carbocycles. The van der Waals surface area contributed by atoms with Crippen molar-refractivity contribution in [2.45, 2.75) is 19.8 Å². The molecule has 1 atom stereocenters.